The Hall–Kier alpha value is -1.40. The number of likely N-dealkylation sites (tertiary alicyclic amines) is 1. The number of carbonyl (C=O) groups excluding carboxylic acids is 1. The third-order valence-electron chi connectivity index (χ3n) is 3.49. The smallest absolute Gasteiger partial charge is 0.275 e. The lowest BCUT2D eigenvalue weighted by Gasteiger charge is -2.30. The summed E-state index contributed by atoms with van der Waals surface area (Å²) in [4.78, 5) is 18.1. The van der Waals surface area contributed by atoms with Gasteiger partial charge in [-0.2, -0.15) is 0 Å². The van der Waals surface area contributed by atoms with E-state index in [-0.39, 0.29) is 17.5 Å². The van der Waals surface area contributed by atoms with Crippen LogP contribution in [0.25, 0.3) is 0 Å². The molecule has 0 aromatic carbocycles. The summed E-state index contributed by atoms with van der Waals surface area (Å²) in [5.41, 5.74) is 5.98. The van der Waals surface area contributed by atoms with Crippen molar-refractivity contribution in [3.63, 3.8) is 0 Å². The van der Waals surface area contributed by atoms with E-state index >= 15 is 0 Å². The zero-order valence-corrected chi connectivity index (χ0v) is 11.4. The Morgan fingerprint density at radius 1 is 1.68 bits per heavy atom. The molecule has 1 aromatic rings. The highest BCUT2D eigenvalue weighted by Crippen LogP contribution is 2.19. The number of aliphatic hydroxyl groups is 1. The Morgan fingerprint density at radius 3 is 3.05 bits per heavy atom. The molecule has 0 spiro atoms. The van der Waals surface area contributed by atoms with Gasteiger partial charge < -0.3 is 20.2 Å². The fourth-order valence-electron chi connectivity index (χ4n) is 2.28. The van der Waals surface area contributed by atoms with Gasteiger partial charge in [0.2, 0.25) is 5.89 Å². The van der Waals surface area contributed by atoms with Gasteiger partial charge in [-0.1, -0.05) is 6.92 Å². The van der Waals surface area contributed by atoms with E-state index in [0.29, 0.717) is 5.92 Å². The summed E-state index contributed by atoms with van der Waals surface area (Å²) >= 11 is 0. The first kappa shape index (κ1) is 14.0. The molecule has 106 valence electrons. The number of aromatic nitrogens is 1. The van der Waals surface area contributed by atoms with Crippen LogP contribution in [0, 0.1) is 5.92 Å². The quantitative estimate of drug-likeness (QED) is 0.849. The van der Waals surface area contributed by atoms with Gasteiger partial charge in [0.05, 0.1) is 6.10 Å². The topological polar surface area (TPSA) is 92.6 Å². The minimum absolute atomic E-state index is 0.126. The zero-order valence-electron chi connectivity index (χ0n) is 11.4. The van der Waals surface area contributed by atoms with Crippen LogP contribution >= 0.6 is 0 Å². The number of hydrogen-bond acceptors (Lipinski definition) is 5. The van der Waals surface area contributed by atoms with E-state index < -0.39 is 12.1 Å². The molecule has 1 aliphatic rings. The second-order valence-electron chi connectivity index (χ2n) is 5.34. The lowest BCUT2D eigenvalue weighted by Crippen LogP contribution is -2.39. The average molecular weight is 267 g/mol. The molecule has 1 amide bonds. The highest BCUT2D eigenvalue weighted by molar-refractivity contribution is 5.92. The van der Waals surface area contributed by atoms with E-state index in [9.17, 15) is 9.90 Å². The Morgan fingerprint density at radius 2 is 2.42 bits per heavy atom. The average Bonchev–Trinajstić information content (AvgIpc) is 2.86. The first-order valence-electron chi connectivity index (χ1n) is 6.67. The molecule has 3 atom stereocenters. The minimum Gasteiger partial charge on any atom is -0.446 e. The number of nitrogens with two attached hydrogens (primary N) is 1. The summed E-state index contributed by atoms with van der Waals surface area (Å²) in [6.07, 6.45) is 2.72. The molecule has 0 bridgehead atoms. The molecule has 19 heavy (non-hydrogen) atoms. The van der Waals surface area contributed by atoms with Gasteiger partial charge in [0, 0.05) is 13.1 Å². The zero-order chi connectivity index (χ0) is 14.0. The molecular formula is C13H21N3O3. The van der Waals surface area contributed by atoms with Crippen LogP contribution in [0.15, 0.2) is 10.7 Å². The van der Waals surface area contributed by atoms with Gasteiger partial charge in [-0.3, -0.25) is 4.79 Å². The second kappa shape index (κ2) is 5.71. The number of piperidine rings is 1. The molecule has 0 radical (unpaired) electrons. The van der Waals surface area contributed by atoms with Gasteiger partial charge in [-0.25, -0.2) is 4.98 Å². The van der Waals surface area contributed by atoms with Crippen LogP contribution in [-0.2, 0) is 0 Å². The first-order chi connectivity index (χ1) is 8.99. The fraction of sp³-hybridized carbons (Fsp3) is 0.692. The lowest BCUT2D eigenvalue weighted by molar-refractivity contribution is 0.0676. The highest BCUT2D eigenvalue weighted by atomic mass is 16.3. The summed E-state index contributed by atoms with van der Waals surface area (Å²) in [6.45, 7) is 5.21. The van der Waals surface area contributed by atoms with E-state index in [1.165, 1.54) is 6.26 Å². The Kier molecular flexibility index (Phi) is 4.21. The second-order valence-corrected chi connectivity index (χ2v) is 5.34. The molecule has 1 aliphatic heterocycles. The number of hydrogen-bond donors (Lipinski definition) is 2. The Balaban J connectivity index is 2.07. The van der Waals surface area contributed by atoms with E-state index in [4.69, 9.17) is 10.2 Å². The number of nitrogens with zero attached hydrogens (tertiary/aromatic N) is 2. The van der Waals surface area contributed by atoms with E-state index in [2.05, 4.69) is 11.9 Å². The molecule has 1 aromatic heterocycles. The molecule has 6 nitrogen and oxygen atoms in total. The maximum atomic E-state index is 12.3. The van der Waals surface area contributed by atoms with Crippen molar-refractivity contribution in [3.05, 3.63) is 17.8 Å². The first-order valence-corrected chi connectivity index (χ1v) is 6.67. The van der Waals surface area contributed by atoms with Crippen molar-refractivity contribution in [2.24, 2.45) is 11.7 Å². The normalized spacial score (nSPS) is 23.2. The third-order valence-corrected chi connectivity index (χ3v) is 3.49. The molecule has 1 fully saturated rings. The summed E-state index contributed by atoms with van der Waals surface area (Å²) in [5.74, 6) is 0.589. The number of carbonyl (C=O) groups is 1. The monoisotopic (exact) mass is 267 g/mol. The molecule has 2 heterocycles. The molecule has 1 saturated heterocycles. The van der Waals surface area contributed by atoms with Crippen molar-refractivity contribution >= 4 is 5.91 Å². The number of aliphatic hydroxyl groups excluding tert-OH is 1. The van der Waals surface area contributed by atoms with Gasteiger partial charge in [0.1, 0.15) is 12.3 Å². The van der Waals surface area contributed by atoms with Crippen molar-refractivity contribution in [2.45, 2.75) is 38.8 Å². The minimum atomic E-state index is -0.767. The van der Waals surface area contributed by atoms with Gasteiger partial charge in [-0.15, -0.1) is 0 Å². The van der Waals surface area contributed by atoms with Crippen LogP contribution in [0.5, 0.6) is 0 Å². The molecule has 0 aliphatic carbocycles. The van der Waals surface area contributed by atoms with Crippen molar-refractivity contribution < 1.29 is 14.3 Å². The maximum absolute atomic E-state index is 12.3. The summed E-state index contributed by atoms with van der Waals surface area (Å²) < 4.78 is 5.18. The summed E-state index contributed by atoms with van der Waals surface area (Å²) in [5, 5.41) is 9.39. The van der Waals surface area contributed by atoms with Gasteiger partial charge in [-0.05, 0) is 25.7 Å². The standard InChI is InChI=1S/C13H21N3O3/c1-8-4-3-5-16(6-8)13(18)10-7-19-12(15-10)11(14)9(2)17/h7-9,11,17H,3-6,14H2,1-2H3. The summed E-state index contributed by atoms with van der Waals surface area (Å²) in [6, 6.07) is -0.707. The predicted octanol–water partition coefficient (Wildman–Crippen LogP) is 0.927. The number of amides is 1. The maximum Gasteiger partial charge on any atom is 0.275 e. The largest absolute Gasteiger partial charge is 0.446 e. The Bertz CT molecular complexity index is 444. The molecule has 3 unspecified atom stereocenters. The molecular weight excluding hydrogens is 246 g/mol. The molecule has 3 N–H and O–H groups in total. The SMILES string of the molecule is CC1CCCN(C(=O)c2coc(C(N)C(C)O)n2)C1. The van der Waals surface area contributed by atoms with Gasteiger partial charge in [0.15, 0.2) is 5.69 Å². The van der Waals surface area contributed by atoms with Crippen LogP contribution in [0.2, 0.25) is 0 Å². The van der Waals surface area contributed by atoms with Crippen LogP contribution in [0.4, 0.5) is 0 Å². The van der Waals surface area contributed by atoms with Crippen molar-refractivity contribution in [3.8, 4) is 0 Å². The Labute approximate surface area is 112 Å². The highest BCUT2D eigenvalue weighted by Gasteiger charge is 2.26. The van der Waals surface area contributed by atoms with Crippen LogP contribution in [0.1, 0.15) is 49.1 Å². The number of oxazole rings is 1. The molecule has 6 heteroatoms. The van der Waals surface area contributed by atoms with E-state index in [1.54, 1.807) is 11.8 Å². The summed E-state index contributed by atoms with van der Waals surface area (Å²) in [7, 11) is 0. The fourth-order valence-corrected chi connectivity index (χ4v) is 2.28. The van der Waals surface area contributed by atoms with Gasteiger partial charge in [0.25, 0.3) is 5.91 Å². The van der Waals surface area contributed by atoms with E-state index in [0.717, 1.165) is 25.9 Å². The van der Waals surface area contributed by atoms with Crippen molar-refractivity contribution in [1.82, 2.24) is 9.88 Å². The van der Waals surface area contributed by atoms with Crippen molar-refractivity contribution in [1.29, 1.82) is 0 Å². The lowest BCUT2D eigenvalue weighted by atomic mass is 10.0. The molecule has 0 saturated carbocycles. The van der Waals surface area contributed by atoms with Crippen LogP contribution in [0.3, 0.4) is 0 Å². The van der Waals surface area contributed by atoms with Crippen LogP contribution in [-0.4, -0.2) is 40.1 Å². The van der Waals surface area contributed by atoms with E-state index in [1.807, 2.05) is 0 Å². The molecule has 2 rings (SSSR count). The number of rotatable bonds is 3. The van der Waals surface area contributed by atoms with Crippen molar-refractivity contribution in [2.75, 3.05) is 13.1 Å². The van der Waals surface area contributed by atoms with Crippen LogP contribution < -0.4 is 5.73 Å². The van der Waals surface area contributed by atoms with Gasteiger partial charge >= 0.3 is 0 Å². The predicted molar refractivity (Wildman–Crippen MR) is 69.4 cm³/mol. The third kappa shape index (κ3) is 3.13.